The molecule has 0 bridgehead atoms. The Kier molecular flexibility index (Phi) is 4.65. The topological polar surface area (TPSA) is 81.0 Å². The zero-order chi connectivity index (χ0) is 18.0. The van der Waals surface area contributed by atoms with Crippen molar-refractivity contribution in [3.8, 4) is 17.1 Å². The number of hydrogen-bond acceptors (Lipinski definition) is 4. The summed E-state index contributed by atoms with van der Waals surface area (Å²) in [5.41, 5.74) is -1.11. The fourth-order valence-corrected chi connectivity index (χ4v) is 2.93. The number of H-pyrrole nitrogens is 1. The Bertz CT molecular complexity index is 767. The number of nitro groups is 1. The molecule has 1 aromatic heterocycles. The first-order chi connectivity index (χ1) is 11.8. The first kappa shape index (κ1) is 17.2. The Morgan fingerprint density at radius 1 is 1.32 bits per heavy atom. The van der Waals surface area contributed by atoms with Crippen LogP contribution in [0.3, 0.4) is 0 Å². The van der Waals surface area contributed by atoms with Gasteiger partial charge in [-0.3, -0.25) is 10.1 Å². The first-order valence-electron chi connectivity index (χ1n) is 7.88. The van der Waals surface area contributed by atoms with Gasteiger partial charge in [0, 0.05) is 11.6 Å². The number of rotatable bonds is 5. The molecule has 1 aromatic carbocycles. The van der Waals surface area contributed by atoms with Crippen LogP contribution in [0.4, 0.5) is 18.9 Å². The van der Waals surface area contributed by atoms with Crippen LogP contribution in [-0.4, -0.2) is 21.5 Å². The highest BCUT2D eigenvalue weighted by atomic mass is 19.4. The van der Waals surface area contributed by atoms with Crippen LogP contribution in [0.2, 0.25) is 0 Å². The van der Waals surface area contributed by atoms with E-state index in [1.165, 1.54) is 18.2 Å². The molecule has 0 aliphatic heterocycles. The van der Waals surface area contributed by atoms with Crippen LogP contribution in [0.1, 0.15) is 31.4 Å². The second-order valence-corrected chi connectivity index (χ2v) is 6.04. The summed E-state index contributed by atoms with van der Waals surface area (Å²) in [5, 5.41) is 11.3. The molecule has 1 heterocycles. The molecule has 0 unspecified atom stereocenters. The summed E-state index contributed by atoms with van der Waals surface area (Å²) in [4.78, 5) is 16.5. The minimum absolute atomic E-state index is 0.0854. The van der Waals surface area contributed by atoms with Crippen LogP contribution in [0.15, 0.2) is 24.4 Å². The van der Waals surface area contributed by atoms with Crippen LogP contribution in [-0.2, 0) is 6.18 Å². The Labute approximate surface area is 141 Å². The van der Waals surface area contributed by atoms with Crippen molar-refractivity contribution < 1.29 is 22.8 Å². The molecule has 1 fully saturated rings. The summed E-state index contributed by atoms with van der Waals surface area (Å²) in [6.07, 6.45) is 0.453. The van der Waals surface area contributed by atoms with Gasteiger partial charge in [-0.15, -0.1) is 0 Å². The number of benzene rings is 1. The Morgan fingerprint density at radius 2 is 2.04 bits per heavy atom. The first-order valence-corrected chi connectivity index (χ1v) is 7.88. The lowest BCUT2D eigenvalue weighted by molar-refractivity contribution is -0.385. The van der Waals surface area contributed by atoms with Gasteiger partial charge in [0.1, 0.15) is 11.5 Å². The van der Waals surface area contributed by atoms with E-state index in [0.717, 1.165) is 25.7 Å². The van der Waals surface area contributed by atoms with Crippen molar-refractivity contribution in [3.05, 3.63) is 40.2 Å². The number of alkyl halides is 3. The van der Waals surface area contributed by atoms with E-state index < -0.39 is 16.8 Å². The third kappa shape index (κ3) is 3.92. The lowest BCUT2D eigenvalue weighted by Crippen LogP contribution is -2.09. The molecule has 6 nitrogen and oxygen atoms in total. The number of nitro benzene ring substituents is 1. The molecule has 0 saturated heterocycles. The van der Waals surface area contributed by atoms with Gasteiger partial charge in [0.2, 0.25) is 0 Å². The van der Waals surface area contributed by atoms with E-state index in [2.05, 4.69) is 9.97 Å². The predicted molar refractivity (Wildman–Crippen MR) is 83.1 cm³/mol. The highest BCUT2D eigenvalue weighted by Gasteiger charge is 2.33. The van der Waals surface area contributed by atoms with Crippen molar-refractivity contribution in [3.63, 3.8) is 0 Å². The zero-order valence-corrected chi connectivity index (χ0v) is 13.2. The fraction of sp³-hybridized carbons (Fsp3) is 0.438. The van der Waals surface area contributed by atoms with E-state index in [1.807, 2.05) is 0 Å². The summed E-state index contributed by atoms with van der Waals surface area (Å²) in [5.74, 6) is 0.416. The molecule has 25 heavy (non-hydrogen) atoms. The van der Waals surface area contributed by atoms with E-state index in [0.29, 0.717) is 18.7 Å². The molecule has 0 atom stereocenters. The molecule has 0 spiro atoms. The molecular formula is C16H16F3N3O3. The van der Waals surface area contributed by atoms with Crippen molar-refractivity contribution >= 4 is 5.69 Å². The molecule has 1 saturated carbocycles. The normalized spacial score (nSPS) is 15.5. The lowest BCUT2D eigenvalue weighted by Gasteiger charge is -2.12. The zero-order valence-electron chi connectivity index (χ0n) is 13.2. The quantitative estimate of drug-likeness (QED) is 0.629. The molecule has 3 rings (SSSR count). The van der Waals surface area contributed by atoms with Crippen molar-refractivity contribution in [1.82, 2.24) is 9.97 Å². The highest BCUT2D eigenvalue weighted by Crippen LogP contribution is 2.34. The van der Waals surface area contributed by atoms with Crippen molar-refractivity contribution in [2.75, 3.05) is 6.61 Å². The number of ether oxygens (including phenoxy) is 1. The average molecular weight is 355 g/mol. The van der Waals surface area contributed by atoms with Crippen LogP contribution < -0.4 is 4.74 Å². The highest BCUT2D eigenvalue weighted by molar-refractivity contribution is 5.63. The summed E-state index contributed by atoms with van der Waals surface area (Å²) >= 11 is 0. The van der Waals surface area contributed by atoms with Gasteiger partial charge in [0.25, 0.3) is 0 Å². The molecular weight excluding hydrogens is 339 g/mol. The van der Waals surface area contributed by atoms with Gasteiger partial charge in [-0.2, -0.15) is 13.2 Å². The summed E-state index contributed by atoms with van der Waals surface area (Å²) < 4.78 is 43.5. The fourth-order valence-electron chi connectivity index (χ4n) is 2.93. The van der Waals surface area contributed by atoms with Gasteiger partial charge in [0.05, 0.1) is 17.7 Å². The molecule has 0 radical (unpaired) electrons. The number of aromatic amines is 1. The second-order valence-electron chi connectivity index (χ2n) is 6.04. The maximum atomic E-state index is 12.6. The standard InChI is InChI=1S/C16H16F3N3O3/c17-16(18,19)14-8-20-15(21-14)11-5-6-13(12(7-11)22(23)24)25-9-10-3-1-2-4-10/h5-8,10H,1-4,9H2,(H,20,21). The number of halogens is 3. The Hall–Kier alpha value is -2.58. The van der Waals surface area contributed by atoms with E-state index in [4.69, 9.17) is 4.74 Å². The third-order valence-electron chi connectivity index (χ3n) is 4.26. The molecule has 1 aliphatic rings. The Morgan fingerprint density at radius 3 is 2.64 bits per heavy atom. The maximum absolute atomic E-state index is 12.6. The minimum Gasteiger partial charge on any atom is -0.487 e. The van der Waals surface area contributed by atoms with Gasteiger partial charge < -0.3 is 9.72 Å². The van der Waals surface area contributed by atoms with Gasteiger partial charge >= 0.3 is 11.9 Å². The average Bonchev–Trinajstić information content (AvgIpc) is 3.23. The summed E-state index contributed by atoms with van der Waals surface area (Å²) in [6.45, 7) is 0.402. The van der Waals surface area contributed by atoms with Crippen LogP contribution >= 0.6 is 0 Å². The molecule has 134 valence electrons. The monoisotopic (exact) mass is 355 g/mol. The lowest BCUT2D eigenvalue weighted by atomic mass is 10.1. The van der Waals surface area contributed by atoms with Crippen molar-refractivity contribution in [1.29, 1.82) is 0 Å². The minimum atomic E-state index is -4.55. The largest absolute Gasteiger partial charge is 0.487 e. The molecule has 1 N–H and O–H groups in total. The van der Waals surface area contributed by atoms with Crippen LogP contribution in [0, 0.1) is 16.0 Å². The van der Waals surface area contributed by atoms with Crippen LogP contribution in [0.25, 0.3) is 11.4 Å². The van der Waals surface area contributed by atoms with E-state index in [9.17, 15) is 23.3 Å². The summed E-state index contributed by atoms with van der Waals surface area (Å²) in [7, 11) is 0. The van der Waals surface area contributed by atoms with E-state index >= 15 is 0 Å². The Balaban J connectivity index is 1.83. The number of hydrogen-bond donors (Lipinski definition) is 1. The smallest absolute Gasteiger partial charge is 0.432 e. The number of aromatic nitrogens is 2. The van der Waals surface area contributed by atoms with E-state index in [1.54, 1.807) is 0 Å². The predicted octanol–water partition coefficient (Wildman–Crippen LogP) is 4.57. The van der Waals surface area contributed by atoms with Gasteiger partial charge in [-0.05, 0) is 30.9 Å². The van der Waals surface area contributed by atoms with E-state index in [-0.39, 0.29) is 22.8 Å². The van der Waals surface area contributed by atoms with Crippen molar-refractivity contribution in [2.45, 2.75) is 31.9 Å². The van der Waals surface area contributed by atoms with Gasteiger partial charge in [0.15, 0.2) is 5.75 Å². The maximum Gasteiger partial charge on any atom is 0.432 e. The molecule has 2 aromatic rings. The van der Waals surface area contributed by atoms with Gasteiger partial charge in [-0.25, -0.2) is 4.98 Å². The molecule has 9 heteroatoms. The molecule has 1 aliphatic carbocycles. The third-order valence-corrected chi connectivity index (χ3v) is 4.26. The SMILES string of the molecule is O=[N+]([O-])c1cc(-c2ncc(C(F)(F)F)[nH]2)ccc1OCC1CCCC1. The number of nitrogens with zero attached hydrogens (tertiary/aromatic N) is 2. The molecule has 0 amide bonds. The van der Waals surface area contributed by atoms with Crippen molar-refractivity contribution in [2.24, 2.45) is 5.92 Å². The number of imidazole rings is 1. The number of nitrogens with one attached hydrogen (secondary N) is 1. The van der Waals surface area contributed by atoms with Crippen LogP contribution in [0.5, 0.6) is 5.75 Å². The summed E-state index contributed by atoms with van der Waals surface area (Å²) in [6, 6.07) is 4.02. The second kappa shape index (κ2) is 6.73. The van der Waals surface area contributed by atoms with Gasteiger partial charge in [-0.1, -0.05) is 12.8 Å².